The largest absolute Gasteiger partial charge is 0.323 e. The summed E-state index contributed by atoms with van der Waals surface area (Å²) < 4.78 is 1.87. The molecular weight excluding hydrogens is 186 g/mol. The van der Waals surface area contributed by atoms with Crippen LogP contribution in [0.25, 0.3) is 11.3 Å². The number of hydrogen-bond donors (Lipinski definition) is 1. The summed E-state index contributed by atoms with van der Waals surface area (Å²) in [4.78, 5) is 0. The summed E-state index contributed by atoms with van der Waals surface area (Å²) in [6.07, 6.45) is 0. The number of hydrogen-bond acceptors (Lipinski definition) is 2. The molecule has 0 saturated carbocycles. The van der Waals surface area contributed by atoms with E-state index >= 15 is 0 Å². The van der Waals surface area contributed by atoms with Crippen LogP contribution in [-0.4, -0.2) is 9.78 Å². The number of rotatable bonds is 2. The van der Waals surface area contributed by atoms with E-state index in [0.29, 0.717) is 0 Å². The molecule has 0 aliphatic carbocycles. The van der Waals surface area contributed by atoms with E-state index in [-0.39, 0.29) is 6.04 Å². The van der Waals surface area contributed by atoms with E-state index in [0.717, 1.165) is 11.4 Å². The maximum atomic E-state index is 5.80. The molecule has 0 bridgehead atoms. The molecule has 3 nitrogen and oxygen atoms in total. The van der Waals surface area contributed by atoms with Crippen molar-refractivity contribution in [3.8, 4) is 11.3 Å². The highest BCUT2D eigenvalue weighted by molar-refractivity contribution is 5.59. The highest BCUT2D eigenvalue weighted by atomic mass is 15.3. The van der Waals surface area contributed by atoms with Crippen LogP contribution < -0.4 is 5.73 Å². The summed E-state index contributed by atoms with van der Waals surface area (Å²) in [6, 6.07) is 12.2. The molecule has 2 rings (SSSR count). The quantitative estimate of drug-likeness (QED) is 0.808. The van der Waals surface area contributed by atoms with E-state index < -0.39 is 0 Å². The zero-order chi connectivity index (χ0) is 10.8. The Labute approximate surface area is 89.5 Å². The molecule has 3 heteroatoms. The summed E-state index contributed by atoms with van der Waals surface area (Å²) in [5.41, 5.74) is 8.99. The summed E-state index contributed by atoms with van der Waals surface area (Å²) in [7, 11) is 1.94. The third-order valence-electron chi connectivity index (χ3n) is 2.43. The zero-order valence-corrected chi connectivity index (χ0v) is 9.01. The minimum atomic E-state index is -0.0198. The fraction of sp³-hybridized carbons (Fsp3) is 0.250. The Morgan fingerprint density at radius 1 is 1.27 bits per heavy atom. The molecule has 1 aromatic carbocycles. The van der Waals surface area contributed by atoms with Gasteiger partial charge < -0.3 is 5.73 Å². The molecule has 1 heterocycles. The summed E-state index contributed by atoms with van der Waals surface area (Å²) >= 11 is 0. The van der Waals surface area contributed by atoms with E-state index in [1.165, 1.54) is 5.56 Å². The van der Waals surface area contributed by atoms with Crippen LogP contribution in [0.3, 0.4) is 0 Å². The van der Waals surface area contributed by atoms with Gasteiger partial charge in [0.05, 0.1) is 11.4 Å². The molecule has 0 radical (unpaired) electrons. The summed E-state index contributed by atoms with van der Waals surface area (Å²) in [6.45, 7) is 1.94. The predicted molar refractivity (Wildman–Crippen MR) is 61.2 cm³/mol. The van der Waals surface area contributed by atoms with Crippen LogP contribution in [0, 0.1) is 0 Å². The predicted octanol–water partition coefficient (Wildman–Crippen LogP) is 2.11. The second-order valence-corrected chi connectivity index (χ2v) is 3.73. The minimum absolute atomic E-state index is 0.0198. The van der Waals surface area contributed by atoms with E-state index in [1.54, 1.807) is 0 Å². The lowest BCUT2D eigenvalue weighted by Gasteiger charge is -1.99. The van der Waals surface area contributed by atoms with Gasteiger partial charge in [-0.15, -0.1) is 0 Å². The van der Waals surface area contributed by atoms with E-state index in [9.17, 15) is 0 Å². The summed E-state index contributed by atoms with van der Waals surface area (Å²) in [5, 5.41) is 4.38. The number of nitrogens with two attached hydrogens (primary N) is 1. The van der Waals surface area contributed by atoms with Crippen LogP contribution in [0.2, 0.25) is 0 Å². The van der Waals surface area contributed by atoms with Gasteiger partial charge in [-0.3, -0.25) is 4.68 Å². The van der Waals surface area contributed by atoms with Crippen molar-refractivity contribution in [2.75, 3.05) is 0 Å². The molecule has 2 aromatic rings. The van der Waals surface area contributed by atoms with Crippen molar-refractivity contribution < 1.29 is 0 Å². The van der Waals surface area contributed by atoms with Crippen molar-refractivity contribution in [3.05, 3.63) is 42.1 Å². The van der Waals surface area contributed by atoms with E-state index in [4.69, 9.17) is 5.73 Å². The smallest absolute Gasteiger partial charge is 0.0795 e. The second-order valence-electron chi connectivity index (χ2n) is 3.73. The first-order valence-corrected chi connectivity index (χ1v) is 5.03. The molecule has 78 valence electrons. The van der Waals surface area contributed by atoms with Crippen molar-refractivity contribution in [2.45, 2.75) is 13.0 Å². The lowest BCUT2D eigenvalue weighted by Crippen LogP contribution is -2.06. The van der Waals surface area contributed by atoms with Crippen molar-refractivity contribution in [1.29, 1.82) is 0 Å². The van der Waals surface area contributed by atoms with Gasteiger partial charge in [-0.05, 0) is 18.6 Å². The zero-order valence-electron chi connectivity index (χ0n) is 9.01. The van der Waals surface area contributed by atoms with Crippen LogP contribution in [0.15, 0.2) is 36.4 Å². The highest BCUT2D eigenvalue weighted by Crippen LogP contribution is 2.21. The Morgan fingerprint density at radius 2 is 1.93 bits per heavy atom. The molecule has 0 fully saturated rings. The SMILES string of the molecule is CC(N)c1cc(-c2ccccc2)n(C)n1. The van der Waals surface area contributed by atoms with Crippen molar-refractivity contribution in [2.24, 2.45) is 12.8 Å². The second kappa shape index (κ2) is 3.87. The molecule has 1 aromatic heterocycles. The molecular formula is C12H15N3. The van der Waals surface area contributed by atoms with Gasteiger partial charge in [0, 0.05) is 13.1 Å². The number of benzene rings is 1. The van der Waals surface area contributed by atoms with E-state index in [2.05, 4.69) is 17.2 Å². The van der Waals surface area contributed by atoms with Gasteiger partial charge in [0.25, 0.3) is 0 Å². The topological polar surface area (TPSA) is 43.8 Å². The fourth-order valence-corrected chi connectivity index (χ4v) is 1.59. The van der Waals surface area contributed by atoms with Gasteiger partial charge in [-0.25, -0.2) is 0 Å². The van der Waals surface area contributed by atoms with Crippen LogP contribution in [0.1, 0.15) is 18.7 Å². The number of nitrogens with zero attached hydrogens (tertiary/aromatic N) is 2. The molecule has 1 unspecified atom stereocenters. The van der Waals surface area contributed by atoms with Gasteiger partial charge in [0.2, 0.25) is 0 Å². The third-order valence-corrected chi connectivity index (χ3v) is 2.43. The Hall–Kier alpha value is -1.61. The van der Waals surface area contributed by atoms with E-state index in [1.807, 2.05) is 42.9 Å². The van der Waals surface area contributed by atoms with Gasteiger partial charge in [0.1, 0.15) is 0 Å². The Bertz CT molecular complexity index is 443. The number of aromatic nitrogens is 2. The maximum absolute atomic E-state index is 5.80. The lowest BCUT2D eigenvalue weighted by molar-refractivity contribution is 0.702. The maximum Gasteiger partial charge on any atom is 0.0795 e. The number of aryl methyl sites for hydroxylation is 1. The first-order valence-electron chi connectivity index (χ1n) is 5.03. The van der Waals surface area contributed by atoms with Crippen LogP contribution >= 0.6 is 0 Å². The molecule has 15 heavy (non-hydrogen) atoms. The van der Waals surface area contributed by atoms with Crippen LogP contribution in [-0.2, 0) is 7.05 Å². The van der Waals surface area contributed by atoms with Crippen molar-refractivity contribution in [3.63, 3.8) is 0 Å². The van der Waals surface area contributed by atoms with Gasteiger partial charge >= 0.3 is 0 Å². The Kier molecular flexibility index (Phi) is 2.56. The average Bonchev–Trinajstić information content (AvgIpc) is 2.62. The molecule has 0 aliphatic heterocycles. The fourth-order valence-electron chi connectivity index (χ4n) is 1.59. The molecule has 1 atom stereocenters. The van der Waals surface area contributed by atoms with Gasteiger partial charge in [-0.2, -0.15) is 5.10 Å². The molecule has 0 spiro atoms. The molecule has 2 N–H and O–H groups in total. The lowest BCUT2D eigenvalue weighted by atomic mass is 10.1. The summed E-state index contributed by atoms with van der Waals surface area (Å²) in [5.74, 6) is 0. The van der Waals surface area contributed by atoms with Crippen molar-refractivity contribution >= 4 is 0 Å². The first-order chi connectivity index (χ1) is 7.18. The molecule has 0 aliphatic rings. The minimum Gasteiger partial charge on any atom is -0.323 e. The first kappa shape index (κ1) is 9.93. The standard InChI is InChI=1S/C12H15N3/c1-9(13)11-8-12(15(2)14-11)10-6-4-3-5-7-10/h3-9H,13H2,1-2H3. The normalized spacial score (nSPS) is 12.7. The Morgan fingerprint density at radius 3 is 2.47 bits per heavy atom. The van der Waals surface area contributed by atoms with Gasteiger partial charge in [-0.1, -0.05) is 30.3 Å². The average molecular weight is 201 g/mol. The molecule has 0 saturated heterocycles. The molecule has 0 amide bonds. The third kappa shape index (κ3) is 1.92. The van der Waals surface area contributed by atoms with Gasteiger partial charge in [0.15, 0.2) is 0 Å². The van der Waals surface area contributed by atoms with Crippen LogP contribution in [0.5, 0.6) is 0 Å². The monoisotopic (exact) mass is 201 g/mol. The highest BCUT2D eigenvalue weighted by Gasteiger charge is 2.09. The van der Waals surface area contributed by atoms with Crippen molar-refractivity contribution in [1.82, 2.24) is 9.78 Å². The Balaban J connectivity index is 2.45. The van der Waals surface area contributed by atoms with Crippen LogP contribution in [0.4, 0.5) is 0 Å².